The number of fused-ring (bicyclic) bond motifs is 1. The van der Waals surface area contributed by atoms with Gasteiger partial charge in [-0.15, -0.1) is 11.3 Å². The van der Waals surface area contributed by atoms with E-state index < -0.39 is 16.8 Å². The van der Waals surface area contributed by atoms with E-state index >= 15 is 4.39 Å². The van der Waals surface area contributed by atoms with E-state index in [2.05, 4.69) is 21.4 Å². The van der Waals surface area contributed by atoms with E-state index in [9.17, 15) is 4.21 Å². The predicted octanol–water partition coefficient (Wildman–Crippen LogP) is 6.05. The van der Waals surface area contributed by atoms with Gasteiger partial charge in [0.1, 0.15) is 17.3 Å². The summed E-state index contributed by atoms with van der Waals surface area (Å²) in [5, 5.41) is 5.92. The number of anilines is 2. The van der Waals surface area contributed by atoms with Gasteiger partial charge in [-0.05, 0) is 55.2 Å². The number of hydrogen-bond acceptors (Lipinski definition) is 7. The van der Waals surface area contributed by atoms with Crippen molar-refractivity contribution in [1.29, 1.82) is 0 Å². The van der Waals surface area contributed by atoms with Crippen molar-refractivity contribution in [1.82, 2.24) is 9.97 Å². The fourth-order valence-corrected chi connectivity index (χ4v) is 6.76. The zero-order valence-corrected chi connectivity index (χ0v) is 23.2. The Hall–Kier alpha value is -3.21. The fraction of sp³-hybridized carbons (Fsp3) is 0.259. The lowest BCUT2D eigenvalue weighted by Gasteiger charge is -2.26. The Balaban J connectivity index is 1.40. The molecule has 0 fully saturated rings. The van der Waals surface area contributed by atoms with Crippen molar-refractivity contribution in [2.24, 2.45) is 0 Å². The molecule has 0 aliphatic heterocycles. The van der Waals surface area contributed by atoms with Gasteiger partial charge in [0.2, 0.25) is 0 Å². The molecule has 0 saturated heterocycles. The summed E-state index contributed by atoms with van der Waals surface area (Å²) in [4.78, 5) is 8.74. The summed E-state index contributed by atoms with van der Waals surface area (Å²) in [6, 6.07) is 12.2. The minimum Gasteiger partial charge on any atom is -0.497 e. The Bertz CT molecular complexity index is 1450. The quantitative estimate of drug-likeness (QED) is 0.263. The minimum absolute atomic E-state index is 0.0265. The van der Waals surface area contributed by atoms with Crippen molar-refractivity contribution in [3.63, 3.8) is 0 Å². The third kappa shape index (κ3) is 5.62. The highest BCUT2D eigenvalue weighted by molar-refractivity contribution is 7.86. The normalized spacial score (nSPS) is 15.4. The second-order valence-electron chi connectivity index (χ2n) is 8.73. The van der Waals surface area contributed by atoms with E-state index in [1.54, 1.807) is 44.1 Å². The van der Waals surface area contributed by atoms with Crippen molar-refractivity contribution in [2.45, 2.75) is 36.7 Å². The van der Waals surface area contributed by atoms with Crippen molar-refractivity contribution in [3.8, 4) is 11.5 Å². The highest BCUT2D eigenvalue weighted by atomic mass is 35.5. The van der Waals surface area contributed by atoms with Crippen LogP contribution in [-0.4, -0.2) is 34.4 Å². The molecule has 11 heteroatoms. The number of hydrogen-bond donors (Lipinski definition) is 1. The second kappa shape index (κ2) is 11.7. The van der Waals surface area contributed by atoms with E-state index in [1.165, 1.54) is 33.3 Å². The molecule has 0 saturated carbocycles. The first-order valence-corrected chi connectivity index (χ1v) is 14.3. The monoisotopic (exact) mass is 572 g/mol. The zero-order valence-electron chi connectivity index (χ0n) is 20.8. The molecule has 4 aromatic rings. The number of nitrogens with zero attached hydrogens (tertiary/aromatic N) is 3. The van der Waals surface area contributed by atoms with Gasteiger partial charge >= 0.3 is 0 Å². The average Bonchev–Trinajstić information content (AvgIpc) is 3.48. The highest BCUT2D eigenvalue weighted by Gasteiger charge is 2.26. The third-order valence-electron chi connectivity index (χ3n) is 6.39. The van der Waals surface area contributed by atoms with Crippen LogP contribution in [0, 0.1) is 5.82 Å². The van der Waals surface area contributed by atoms with Crippen LogP contribution in [-0.2, 0) is 30.4 Å². The number of aryl methyl sites for hydroxylation is 1. The Morgan fingerprint density at radius 3 is 2.82 bits per heavy atom. The molecule has 0 radical (unpaired) electrons. The van der Waals surface area contributed by atoms with E-state index in [1.807, 2.05) is 12.1 Å². The van der Waals surface area contributed by atoms with Crippen LogP contribution in [0.25, 0.3) is 0 Å². The van der Waals surface area contributed by atoms with Crippen LogP contribution < -0.4 is 19.1 Å². The number of halogens is 2. The van der Waals surface area contributed by atoms with Gasteiger partial charge in [0.15, 0.2) is 16.1 Å². The first-order chi connectivity index (χ1) is 18.5. The molecular weight excluding hydrogens is 547 g/mol. The molecule has 1 N–H and O–H groups in total. The van der Waals surface area contributed by atoms with Gasteiger partial charge in [0, 0.05) is 41.1 Å². The smallest absolute Gasteiger partial charge is 0.197 e. The Kier molecular flexibility index (Phi) is 8.11. The van der Waals surface area contributed by atoms with Crippen molar-refractivity contribution >= 4 is 44.7 Å². The standard InChI is InChI=1S/C27H26ClFN4O3S2/c1-35-20-7-5-18(25(13-20)36-2)16-33(27-31-10-11-37-27)38(34)26-14-21(28)24(15-22(26)29)32-19-6-8-23-17(12-19)4-3-9-30-23/h3-5,7,9-11,13-15,19,32H,6,8,12,16H2,1-2H3. The van der Waals surface area contributed by atoms with E-state index in [-0.39, 0.29) is 17.5 Å². The van der Waals surface area contributed by atoms with Crippen LogP contribution in [0.4, 0.5) is 15.2 Å². The molecule has 2 aromatic heterocycles. The third-order valence-corrected chi connectivity index (χ3v) is 9.00. The van der Waals surface area contributed by atoms with Gasteiger partial charge < -0.3 is 14.8 Å². The largest absolute Gasteiger partial charge is 0.497 e. The summed E-state index contributed by atoms with van der Waals surface area (Å²) in [5.41, 5.74) is 3.50. The molecule has 2 unspecified atom stereocenters. The molecule has 0 amide bonds. The fourth-order valence-electron chi connectivity index (χ4n) is 4.47. The summed E-state index contributed by atoms with van der Waals surface area (Å²) >= 11 is 7.90. The van der Waals surface area contributed by atoms with Crippen LogP contribution in [0.2, 0.25) is 5.02 Å². The average molecular weight is 573 g/mol. The molecule has 2 aromatic carbocycles. The van der Waals surface area contributed by atoms with E-state index in [4.69, 9.17) is 21.1 Å². The van der Waals surface area contributed by atoms with Crippen LogP contribution in [0.3, 0.4) is 0 Å². The Morgan fingerprint density at radius 2 is 2.05 bits per heavy atom. The predicted molar refractivity (Wildman–Crippen MR) is 149 cm³/mol. The zero-order chi connectivity index (χ0) is 26.6. The van der Waals surface area contributed by atoms with Gasteiger partial charge in [0.25, 0.3) is 0 Å². The van der Waals surface area contributed by atoms with Crippen LogP contribution in [0.5, 0.6) is 11.5 Å². The molecule has 1 aliphatic rings. The maximum absolute atomic E-state index is 15.5. The number of pyridine rings is 1. The first kappa shape index (κ1) is 26.4. The molecule has 2 heterocycles. The number of rotatable bonds is 9. The summed E-state index contributed by atoms with van der Waals surface area (Å²) in [6.45, 7) is 0.167. The summed E-state index contributed by atoms with van der Waals surface area (Å²) in [6.07, 6.45) is 5.89. The van der Waals surface area contributed by atoms with Gasteiger partial charge in [-0.3, -0.25) is 9.29 Å². The molecule has 1 aliphatic carbocycles. The maximum Gasteiger partial charge on any atom is 0.197 e. The topological polar surface area (TPSA) is 76.6 Å². The van der Waals surface area contributed by atoms with E-state index in [0.717, 1.165) is 30.5 Å². The second-order valence-corrected chi connectivity index (χ2v) is 11.4. The number of thiazole rings is 1. The molecule has 0 spiro atoms. The van der Waals surface area contributed by atoms with Crippen molar-refractivity contribution < 1.29 is 18.1 Å². The highest BCUT2D eigenvalue weighted by Crippen LogP contribution is 2.34. The molecule has 38 heavy (non-hydrogen) atoms. The lowest BCUT2D eigenvalue weighted by molar-refractivity contribution is 0.391. The molecule has 5 rings (SSSR count). The molecule has 0 bridgehead atoms. The molecule has 198 valence electrons. The SMILES string of the molecule is COc1ccc(CN(c2nccs2)S(=O)c2cc(Cl)c(NC3CCc4ncccc4C3)cc2F)c(OC)c1. The Morgan fingerprint density at radius 1 is 1.18 bits per heavy atom. The van der Waals surface area contributed by atoms with Crippen LogP contribution in [0.15, 0.2) is 65.1 Å². The van der Waals surface area contributed by atoms with Gasteiger partial charge in [-0.2, -0.15) is 0 Å². The molecular formula is C27H26ClFN4O3S2. The van der Waals surface area contributed by atoms with Crippen molar-refractivity contribution in [2.75, 3.05) is 23.8 Å². The van der Waals surface area contributed by atoms with Crippen LogP contribution in [0.1, 0.15) is 23.2 Å². The molecule has 2 atom stereocenters. The maximum atomic E-state index is 15.5. The number of ether oxygens (including phenoxy) is 2. The number of benzene rings is 2. The van der Waals surface area contributed by atoms with Crippen LogP contribution >= 0.6 is 22.9 Å². The number of methoxy groups -OCH3 is 2. The van der Waals surface area contributed by atoms with Crippen molar-refractivity contribution in [3.05, 3.63) is 87.9 Å². The van der Waals surface area contributed by atoms with Gasteiger partial charge in [-0.25, -0.2) is 13.6 Å². The van der Waals surface area contributed by atoms with Gasteiger partial charge in [-0.1, -0.05) is 17.7 Å². The van der Waals surface area contributed by atoms with E-state index in [0.29, 0.717) is 27.3 Å². The van der Waals surface area contributed by atoms with Gasteiger partial charge in [0.05, 0.1) is 36.4 Å². The number of nitrogens with one attached hydrogen (secondary N) is 1. The summed E-state index contributed by atoms with van der Waals surface area (Å²) in [5.74, 6) is 0.577. The minimum atomic E-state index is -1.94. The summed E-state index contributed by atoms with van der Waals surface area (Å²) in [7, 11) is 1.19. The lowest BCUT2D eigenvalue weighted by atomic mass is 9.92. The molecule has 7 nitrogen and oxygen atoms in total. The summed E-state index contributed by atoms with van der Waals surface area (Å²) < 4.78 is 41.6. The lowest BCUT2D eigenvalue weighted by Crippen LogP contribution is -2.28. The Labute approximate surface area is 232 Å². The number of aromatic nitrogens is 2. The first-order valence-electron chi connectivity index (χ1n) is 11.9.